The molecule has 0 aromatic carbocycles. The van der Waals surface area contributed by atoms with Gasteiger partial charge in [-0.2, -0.15) is 0 Å². The quantitative estimate of drug-likeness (QED) is 0.664. The molecule has 0 aliphatic heterocycles. The number of hydrogen-bond donors (Lipinski definition) is 0. The van der Waals surface area contributed by atoms with Gasteiger partial charge < -0.3 is 4.52 Å². The lowest BCUT2D eigenvalue weighted by Gasteiger charge is -2.24. The molecule has 1 aliphatic rings. The van der Waals surface area contributed by atoms with Gasteiger partial charge in [0.1, 0.15) is 0 Å². The summed E-state index contributed by atoms with van der Waals surface area (Å²) in [6, 6.07) is 0. The SMILES string of the molecule is CSP(C)(=O)OC1CCCCC1. The summed E-state index contributed by atoms with van der Waals surface area (Å²) in [5, 5.41) is 0. The van der Waals surface area contributed by atoms with Crippen LogP contribution in [-0.2, 0) is 9.09 Å². The maximum atomic E-state index is 11.6. The van der Waals surface area contributed by atoms with Gasteiger partial charge in [0.05, 0.1) is 6.10 Å². The van der Waals surface area contributed by atoms with Crippen molar-refractivity contribution < 1.29 is 9.09 Å². The second-order valence-corrected chi connectivity index (χ2v) is 8.52. The first-order valence-electron chi connectivity index (χ1n) is 4.46. The predicted molar refractivity (Wildman–Crippen MR) is 55.0 cm³/mol. The Kier molecular flexibility index (Phi) is 4.15. The van der Waals surface area contributed by atoms with Crippen LogP contribution in [0.2, 0.25) is 0 Å². The summed E-state index contributed by atoms with van der Waals surface area (Å²) >= 11 is 1.35. The van der Waals surface area contributed by atoms with Crippen molar-refractivity contribution in [3.8, 4) is 0 Å². The summed E-state index contributed by atoms with van der Waals surface area (Å²) in [5.74, 6) is 0. The fraction of sp³-hybridized carbons (Fsp3) is 1.00. The first-order valence-corrected chi connectivity index (χ1v) is 8.36. The van der Waals surface area contributed by atoms with Crippen LogP contribution in [0.4, 0.5) is 0 Å². The zero-order chi connectivity index (χ0) is 9.03. The van der Waals surface area contributed by atoms with E-state index in [0.29, 0.717) is 0 Å². The van der Waals surface area contributed by atoms with E-state index in [2.05, 4.69) is 0 Å². The average molecular weight is 208 g/mol. The number of rotatable bonds is 3. The molecule has 0 aromatic heterocycles. The van der Waals surface area contributed by atoms with Gasteiger partial charge in [-0.25, -0.2) is 0 Å². The van der Waals surface area contributed by atoms with Crippen molar-refractivity contribution in [2.24, 2.45) is 0 Å². The fourth-order valence-electron chi connectivity index (χ4n) is 1.48. The Morgan fingerprint density at radius 1 is 1.33 bits per heavy atom. The van der Waals surface area contributed by atoms with Gasteiger partial charge in [-0.05, 0) is 19.1 Å². The minimum Gasteiger partial charge on any atom is -0.318 e. The van der Waals surface area contributed by atoms with Crippen LogP contribution in [0.5, 0.6) is 0 Å². The van der Waals surface area contributed by atoms with Crippen molar-refractivity contribution >= 4 is 18.0 Å². The molecule has 1 atom stereocenters. The van der Waals surface area contributed by atoms with E-state index in [1.165, 1.54) is 30.6 Å². The highest BCUT2D eigenvalue weighted by Gasteiger charge is 2.22. The third-order valence-electron chi connectivity index (χ3n) is 2.22. The Morgan fingerprint density at radius 3 is 2.42 bits per heavy atom. The highest BCUT2D eigenvalue weighted by molar-refractivity contribution is 8.56. The van der Waals surface area contributed by atoms with E-state index >= 15 is 0 Å². The summed E-state index contributed by atoms with van der Waals surface area (Å²) in [5.41, 5.74) is 0. The molecule has 0 bridgehead atoms. The van der Waals surface area contributed by atoms with E-state index in [1.807, 2.05) is 6.26 Å². The molecule has 0 radical (unpaired) electrons. The molecule has 1 saturated carbocycles. The molecular formula is C8H17O2PS. The maximum absolute atomic E-state index is 11.6. The van der Waals surface area contributed by atoms with Crippen LogP contribution in [0.1, 0.15) is 32.1 Å². The molecule has 0 aromatic rings. The molecule has 12 heavy (non-hydrogen) atoms. The predicted octanol–water partition coefficient (Wildman–Crippen LogP) is 3.52. The molecule has 4 heteroatoms. The smallest absolute Gasteiger partial charge is 0.254 e. The first kappa shape index (κ1) is 10.6. The lowest BCUT2D eigenvalue weighted by molar-refractivity contribution is 0.165. The maximum Gasteiger partial charge on any atom is 0.254 e. The molecular weight excluding hydrogens is 191 g/mol. The molecule has 0 amide bonds. The Balaban J connectivity index is 2.34. The van der Waals surface area contributed by atoms with Crippen LogP contribution >= 0.6 is 18.0 Å². The van der Waals surface area contributed by atoms with E-state index in [9.17, 15) is 4.57 Å². The second-order valence-electron chi connectivity index (χ2n) is 3.32. The Bertz CT molecular complexity index is 178. The van der Waals surface area contributed by atoms with Gasteiger partial charge in [0.25, 0.3) is 6.57 Å². The van der Waals surface area contributed by atoms with E-state index in [0.717, 1.165) is 12.8 Å². The van der Waals surface area contributed by atoms with Gasteiger partial charge >= 0.3 is 0 Å². The Morgan fingerprint density at radius 2 is 1.92 bits per heavy atom. The highest BCUT2D eigenvalue weighted by atomic mass is 32.7. The van der Waals surface area contributed by atoms with Crippen molar-refractivity contribution in [2.75, 3.05) is 12.9 Å². The van der Waals surface area contributed by atoms with Crippen molar-refractivity contribution in [2.45, 2.75) is 38.2 Å². The molecule has 0 N–H and O–H groups in total. The van der Waals surface area contributed by atoms with E-state index < -0.39 is 6.57 Å². The van der Waals surface area contributed by atoms with Gasteiger partial charge in [0.2, 0.25) is 0 Å². The molecule has 0 saturated heterocycles. The lowest BCUT2D eigenvalue weighted by Crippen LogP contribution is -2.14. The van der Waals surface area contributed by atoms with Crippen LogP contribution in [0.3, 0.4) is 0 Å². The van der Waals surface area contributed by atoms with Crippen molar-refractivity contribution in [3.63, 3.8) is 0 Å². The molecule has 2 nitrogen and oxygen atoms in total. The van der Waals surface area contributed by atoms with Gasteiger partial charge in [-0.15, -0.1) is 0 Å². The normalized spacial score (nSPS) is 25.2. The van der Waals surface area contributed by atoms with Crippen molar-refractivity contribution in [3.05, 3.63) is 0 Å². The number of hydrogen-bond acceptors (Lipinski definition) is 3. The van der Waals surface area contributed by atoms with Crippen LogP contribution in [0, 0.1) is 0 Å². The molecule has 72 valence electrons. The van der Waals surface area contributed by atoms with Crippen LogP contribution < -0.4 is 0 Å². The topological polar surface area (TPSA) is 26.3 Å². The summed E-state index contributed by atoms with van der Waals surface area (Å²) in [6.45, 7) is -0.611. The van der Waals surface area contributed by atoms with Crippen molar-refractivity contribution in [1.29, 1.82) is 0 Å². The third-order valence-corrected chi connectivity index (χ3v) is 5.82. The Labute approximate surface area is 78.6 Å². The molecule has 0 heterocycles. The average Bonchev–Trinajstić information content (AvgIpc) is 2.06. The zero-order valence-corrected chi connectivity index (χ0v) is 9.50. The minimum atomic E-state index is -2.33. The highest BCUT2D eigenvalue weighted by Crippen LogP contribution is 2.56. The summed E-state index contributed by atoms with van der Waals surface area (Å²) in [6.07, 6.45) is 8.09. The second kappa shape index (κ2) is 4.69. The lowest BCUT2D eigenvalue weighted by atomic mass is 9.98. The van der Waals surface area contributed by atoms with Crippen LogP contribution in [0.15, 0.2) is 0 Å². The fourth-order valence-corrected chi connectivity index (χ4v) is 2.95. The summed E-state index contributed by atoms with van der Waals surface area (Å²) in [7, 11) is 0. The first-order chi connectivity index (χ1) is 5.64. The molecule has 1 aliphatic carbocycles. The Hall–Kier alpha value is 0.540. The van der Waals surface area contributed by atoms with Gasteiger partial charge in [-0.1, -0.05) is 30.6 Å². The van der Waals surface area contributed by atoms with E-state index in [-0.39, 0.29) is 6.10 Å². The molecule has 1 fully saturated rings. The summed E-state index contributed by atoms with van der Waals surface area (Å²) in [4.78, 5) is 0. The van der Waals surface area contributed by atoms with Gasteiger partial charge in [0.15, 0.2) is 0 Å². The van der Waals surface area contributed by atoms with E-state index in [4.69, 9.17) is 4.52 Å². The van der Waals surface area contributed by atoms with Crippen LogP contribution in [0.25, 0.3) is 0 Å². The minimum absolute atomic E-state index is 0.266. The summed E-state index contributed by atoms with van der Waals surface area (Å²) < 4.78 is 17.1. The third kappa shape index (κ3) is 3.51. The van der Waals surface area contributed by atoms with Gasteiger partial charge in [-0.3, -0.25) is 4.57 Å². The van der Waals surface area contributed by atoms with Gasteiger partial charge in [0, 0.05) is 6.66 Å². The largest absolute Gasteiger partial charge is 0.318 e. The monoisotopic (exact) mass is 208 g/mol. The molecule has 0 spiro atoms. The zero-order valence-electron chi connectivity index (χ0n) is 7.78. The molecule has 1 rings (SSSR count). The van der Waals surface area contributed by atoms with E-state index in [1.54, 1.807) is 6.66 Å². The van der Waals surface area contributed by atoms with Crippen LogP contribution in [-0.4, -0.2) is 19.0 Å². The molecule has 1 unspecified atom stereocenters. The van der Waals surface area contributed by atoms with Crippen molar-refractivity contribution in [1.82, 2.24) is 0 Å². The standard InChI is InChI=1S/C8H17O2PS/c1-11(9,12-2)10-8-6-4-3-5-7-8/h8H,3-7H2,1-2H3.